The van der Waals surface area contributed by atoms with Gasteiger partial charge in [-0.3, -0.25) is 9.69 Å². The molecule has 0 bridgehead atoms. The molecule has 1 amide bonds. The van der Waals surface area contributed by atoms with Crippen LogP contribution < -0.4 is 5.73 Å². The maximum absolute atomic E-state index is 11.2. The molecule has 0 aromatic carbocycles. The Morgan fingerprint density at radius 3 is 2.25 bits per heavy atom. The van der Waals surface area contributed by atoms with Crippen LogP contribution in [0, 0.1) is 0 Å². The maximum atomic E-state index is 11.2. The van der Waals surface area contributed by atoms with E-state index < -0.39 is 0 Å². The van der Waals surface area contributed by atoms with E-state index in [-0.39, 0.29) is 5.91 Å². The summed E-state index contributed by atoms with van der Waals surface area (Å²) in [6, 6.07) is 1.45. The van der Waals surface area contributed by atoms with Crippen molar-refractivity contribution in [1.29, 1.82) is 0 Å². The second kappa shape index (κ2) is 5.15. The van der Waals surface area contributed by atoms with Crippen molar-refractivity contribution in [2.75, 3.05) is 26.2 Å². The van der Waals surface area contributed by atoms with Gasteiger partial charge in [0, 0.05) is 45.2 Å². The number of rotatable bonds is 4. The zero-order valence-corrected chi connectivity index (χ0v) is 10.2. The lowest BCUT2D eigenvalue weighted by Crippen LogP contribution is -2.48. The van der Waals surface area contributed by atoms with E-state index in [1.54, 1.807) is 6.92 Å². The van der Waals surface area contributed by atoms with Gasteiger partial charge in [0.2, 0.25) is 5.91 Å². The third kappa shape index (κ3) is 2.74. The highest BCUT2D eigenvalue weighted by Gasteiger charge is 2.35. The van der Waals surface area contributed by atoms with Gasteiger partial charge in [-0.15, -0.1) is 0 Å². The molecule has 2 N–H and O–H groups in total. The first-order valence-corrected chi connectivity index (χ1v) is 6.43. The lowest BCUT2D eigenvalue weighted by atomic mass is 10.0. The van der Waals surface area contributed by atoms with Crippen LogP contribution in [0.25, 0.3) is 0 Å². The van der Waals surface area contributed by atoms with E-state index in [1.165, 1.54) is 12.8 Å². The molecule has 0 unspecified atom stereocenters. The van der Waals surface area contributed by atoms with E-state index in [0.717, 1.165) is 45.1 Å². The minimum absolute atomic E-state index is 0.218. The van der Waals surface area contributed by atoms with Crippen LogP contribution in [-0.4, -0.2) is 54.0 Å². The summed E-state index contributed by atoms with van der Waals surface area (Å²) >= 11 is 0. The van der Waals surface area contributed by atoms with Crippen molar-refractivity contribution in [1.82, 2.24) is 9.80 Å². The molecular weight excluding hydrogens is 202 g/mol. The van der Waals surface area contributed by atoms with Crippen molar-refractivity contribution in [3.05, 3.63) is 0 Å². The van der Waals surface area contributed by atoms with Gasteiger partial charge >= 0.3 is 0 Å². The van der Waals surface area contributed by atoms with Gasteiger partial charge in [-0.25, -0.2) is 0 Å². The minimum Gasteiger partial charge on any atom is -0.343 e. The molecule has 0 atom stereocenters. The first-order valence-electron chi connectivity index (χ1n) is 6.43. The summed E-state index contributed by atoms with van der Waals surface area (Å²) in [7, 11) is 0. The standard InChI is InChI=1S/C12H23N3O/c1-10(16)14-7-4-12(5-8-14)15(9-6-13)11-2-3-11/h11-12H,2-9,13H2,1H3. The molecule has 1 aliphatic heterocycles. The van der Waals surface area contributed by atoms with Crippen molar-refractivity contribution in [3.8, 4) is 0 Å². The summed E-state index contributed by atoms with van der Waals surface area (Å²) in [5.41, 5.74) is 5.67. The first kappa shape index (κ1) is 11.9. The summed E-state index contributed by atoms with van der Waals surface area (Å²) < 4.78 is 0. The molecule has 1 aliphatic carbocycles. The van der Waals surface area contributed by atoms with Gasteiger partial charge in [0.1, 0.15) is 0 Å². The topological polar surface area (TPSA) is 49.6 Å². The van der Waals surface area contributed by atoms with Gasteiger partial charge in [0.25, 0.3) is 0 Å². The molecule has 16 heavy (non-hydrogen) atoms. The molecule has 4 nitrogen and oxygen atoms in total. The Morgan fingerprint density at radius 2 is 1.81 bits per heavy atom. The Balaban J connectivity index is 1.84. The summed E-state index contributed by atoms with van der Waals surface area (Å²) in [6.07, 6.45) is 4.92. The lowest BCUT2D eigenvalue weighted by molar-refractivity contribution is -0.130. The molecule has 0 spiro atoms. The molecule has 4 heteroatoms. The smallest absolute Gasteiger partial charge is 0.219 e. The molecular formula is C12H23N3O. The Labute approximate surface area is 97.8 Å². The fourth-order valence-electron chi connectivity index (χ4n) is 2.73. The van der Waals surface area contributed by atoms with Crippen LogP contribution >= 0.6 is 0 Å². The summed E-state index contributed by atoms with van der Waals surface area (Å²) in [4.78, 5) is 15.8. The number of nitrogens with two attached hydrogens (primary N) is 1. The second-order valence-electron chi connectivity index (χ2n) is 4.99. The normalized spacial score (nSPS) is 22.8. The molecule has 0 aromatic heterocycles. The van der Waals surface area contributed by atoms with Crippen LogP contribution in [0.15, 0.2) is 0 Å². The first-order chi connectivity index (χ1) is 7.72. The van der Waals surface area contributed by atoms with Crippen LogP contribution in [0.2, 0.25) is 0 Å². The van der Waals surface area contributed by atoms with Crippen LogP contribution in [0.1, 0.15) is 32.6 Å². The number of likely N-dealkylation sites (tertiary alicyclic amines) is 1. The fourth-order valence-corrected chi connectivity index (χ4v) is 2.73. The summed E-state index contributed by atoms with van der Waals surface area (Å²) in [5.74, 6) is 0.218. The fraction of sp³-hybridized carbons (Fsp3) is 0.917. The average Bonchev–Trinajstić information content (AvgIpc) is 3.10. The molecule has 0 radical (unpaired) electrons. The Kier molecular flexibility index (Phi) is 3.82. The van der Waals surface area contributed by atoms with Gasteiger partial charge < -0.3 is 10.6 Å². The van der Waals surface area contributed by atoms with Gasteiger partial charge in [-0.05, 0) is 25.7 Å². The number of nitrogens with zero attached hydrogens (tertiary/aromatic N) is 2. The van der Waals surface area contributed by atoms with E-state index in [9.17, 15) is 4.79 Å². The molecule has 1 saturated heterocycles. The van der Waals surface area contributed by atoms with E-state index >= 15 is 0 Å². The number of hydrogen-bond acceptors (Lipinski definition) is 3. The molecule has 1 saturated carbocycles. The van der Waals surface area contributed by atoms with Crippen LogP contribution in [0.4, 0.5) is 0 Å². The predicted octanol–water partition coefficient (Wildman–Crippen LogP) is 0.420. The number of hydrogen-bond donors (Lipinski definition) is 1. The monoisotopic (exact) mass is 225 g/mol. The Morgan fingerprint density at radius 1 is 1.25 bits per heavy atom. The SMILES string of the molecule is CC(=O)N1CCC(N(CCN)C2CC2)CC1. The second-order valence-corrected chi connectivity index (χ2v) is 4.99. The van der Waals surface area contributed by atoms with E-state index in [0.29, 0.717) is 6.04 Å². The molecule has 2 fully saturated rings. The highest BCUT2D eigenvalue weighted by atomic mass is 16.2. The van der Waals surface area contributed by atoms with Gasteiger partial charge in [-0.2, -0.15) is 0 Å². The zero-order chi connectivity index (χ0) is 11.5. The number of carbonyl (C=O) groups is 1. The predicted molar refractivity (Wildman–Crippen MR) is 64.1 cm³/mol. The van der Waals surface area contributed by atoms with Crippen molar-refractivity contribution >= 4 is 5.91 Å². The van der Waals surface area contributed by atoms with Crippen LogP contribution in [0.5, 0.6) is 0 Å². The van der Waals surface area contributed by atoms with Gasteiger partial charge in [-0.1, -0.05) is 0 Å². The quantitative estimate of drug-likeness (QED) is 0.754. The van der Waals surface area contributed by atoms with Gasteiger partial charge in [0.05, 0.1) is 0 Å². The third-order valence-electron chi connectivity index (χ3n) is 3.78. The molecule has 0 aromatic rings. The number of carbonyl (C=O) groups excluding carboxylic acids is 1. The van der Waals surface area contributed by atoms with Gasteiger partial charge in [0.15, 0.2) is 0 Å². The van der Waals surface area contributed by atoms with Crippen molar-refractivity contribution in [3.63, 3.8) is 0 Å². The highest BCUT2D eigenvalue weighted by molar-refractivity contribution is 5.73. The minimum atomic E-state index is 0.218. The van der Waals surface area contributed by atoms with E-state index in [1.807, 2.05) is 4.90 Å². The molecule has 1 heterocycles. The van der Waals surface area contributed by atoms with Crippen LogP contribution in [0.3, 0.4) is 0 Å². The molecule has 2 rings (SSSR count). The Bertz CT molecular complexity index is 245. The van der Waals surface area contributed by atoms with Crippen molar-refractivity contribution in [2.24, 2.45) is 5.73 Å². The van der Waals surface area contributed by atoms with E-state index in [4.69, 9.17) is 5.73 Å². The molecule has 2 aliphatic rings. The lowest BCUT2D eigenvalue weighted by Gasteiger charge is -2.38. The molecule has 92 valence electrons. The summed E-state index contributed by atoms with van der Waals surface area (Å²) in [5, 5.41) is 0. The Hall–Kier alpha value is -0.610. The number of piperidine rings is 1. The van der Waals surface area contributed by atoms with Crippen molar-refractivity contribution < 1.29 is 4.79 Å². The number of amides is 1. The average molecular weight is 225 g/mol. The van der Waals surface area contributed by atoms with Crippen LogP contribution in [-0.2, 0) is 4.79 Å². The maximum Gasteiger partial charge on any atom is 0.219 e. The highest BCUT2D eigenvalue weighted by Crippen LogP contribution is 2.31. The largest absolute Gasteiger partial charge is 0.343 e. The zero-order valence-electron chi connectivity index (χ0n) is 10.2. The third-order valence-corrected chi connectivity index (χ3v) is 3.78. The van der Waals surface area contributed by atoms with Crippen molar-refractivity contribution in [2.45, 2.75) is 44.7 Å². The van der Waals surface area contributed by atoms with E-state index in [2.05, 4.69) is 4.90 Å². The summed E-state index contributed by atoms with van der Waals surface area (Å²) in [6.45, 7) is 5.29.